The number of nitrogens with one attached hydrogen (secondary N) is 1. The van der Waals surface area contributed by atoms with Crippen LogP contribution in [0.1, 0.15) is 33.5 Å². The van der Waals surface area contributed by atoms with Crippen molar-refractivity contribution in [2.24, 2.45) is 5.73 Å². The molecule has 3 N–H and O–H groups in total. The topological polar surface area (TPSA) is 68.0 Å². The first-order valence-electron chi connectivity index (χ1n) is 7.05. The molecule has 4 nitrogen and oxygen atoms in total. The molecule has 0 saturated heterocycles. The lowest BCUT2D eigenvalue weighted by Gasteiger charge is -2.25. The van der Waals surface area contributed by atoms with Gasteiger partial charge in [0.25, 0.3) is 5.91 Å². The number of carbonyl (C=O) groups is 1. The minimum Gasteiger partial charge on any atom is -0.344 e. The Hall–Kier alpha value is -1.44. The van der Waals surface area contributed by atoms with Crippen LogP contribution in [-0.2, 0) is 6.42 Å². The summed E-state index contributed by atoms with van der Waals surface area (Å²) in [6.07, 6.45) is 1.46. The van der Waals surface area contributed by atoms with E-state index < -0.39 is 0 Å². The lowest BCUT2D eigenvalue weighted by Crippen LogP contribution is -2.31. The number of halogens is 1. The Morgan fingerprint density at radius 3 is 3.18 bits per heavy atom. The van der Waals surface area contributed by atoms with Gasteiger partial charge in [0.2, 0.25) is 0 Å². The van der Waals surface area contributed by atoms with Gasteiger partial charge < -0.3 is 11.1 Å². The number of nitrogens with zero attached hydrogens (tertiary/aromatic N) is 1. The summed E-state index contributed by atoms with van der Waals surface area (Å²) >= 11 is 3.13. The molecule has 1 aliphatic rings. The largest absolute Gasteiger partial charge is 0.344 e. The van der Waals surface area contributed by atoms with Crippen molar-refractivity contribution in [3.8, 4) is 0 Å². The zero-order valence-electron chi connectivity index (χ0n) is 11.8. The first kappa shape index (κ1) is 15.5. The number of carbonyl (C=O) groups excluding carboxylic acids is 1. The summed E-state index contributed by atoms with van der Waals surface area (Å²) in [6, 6.07) is 4.57. The van der Waals surface area contributed by atoms with E-state index in [0.29, 0.717) is 18.7 Å². The van der Waals surface area contributed by atoms with Crippen LogP contribution in [0.3, 0.4) is 0 Å². The van der Waals surface area contributed by atoms with Crippen LogP contribution >= 0.6 is 23.1 Å². The molecule has 1 unspecified atom stereocenters. The van der Waals surface area contributed by atoms with Crippen molar-refractivity contribution in [2.75, 3.05) is 12.3 Å². The van der Waals surface area contributed by atoms with Crippen molar-refractivity contribution in [1.82, 2.24) is 10.3 Å². The second-order valence-electron chi connectivity index (χ2n) is 5.01. The van der Waals surface area contributed by atoms with E-state index >= 15 is 0 Å². The molecule has 3 rings (SSSR count). The van der Waals surface area contributed by atoms with E-state index in [1.165, 1.54) is 23.5 Å². The Kier molecular flexibility index (Phi) is 4.75. The number of thioether (sulfide) groups is 1. The van der Waals surface area contributed by atoms with E-state index in [9.17, 15) is 9.18 Å². The quantitative estimate of drug-likeness (QED) is 0.900. The summed E-state index contributed by atoms with van der Waals surface area (Å²) in [5.41, 5.74) is 6.75. The third-order valence-corrected chi connectivity index (χ3v) is 5.49. The lowest BCUT2D eigenvalue weighted by molar-refractivity contribution is 0.0930. The Morgan fingerprint density at radius 2 is 2.36 bits per heavy atom. The van der Waals surface area contributed by atoms with Gasteiger partial charge in [0.1, 0.15) is 11.5 Å². The second kappa shape index (κ2) is 6.76. The Balaban J connectivity index is 1.76. The number of hydrogen-bond acceptors (Lipinski definition) is 5. The molecule has 2 heterocycles. The molecule has 0 aliphatic carbocycles. The monoisotopic (exact) mass is 337 g/mol. The zero-order chi connectivity index (χ0) is 15.5. The van der Waals surface area contributed by atoms with Crippen molar-refractivity contribution in [3.63, 3.8) is 0 Å². The maximum atomic E-state index is 13.5. The predicted octanol–water partition coefficient (Wildman–Crippen LogP) is 2.75. The maximum absolute atomic E-state index is 13.5. The van der Waals surface area contributed by atoms with Crippen LogP contribution in [0.4, 0.5) is 4.39 Å². The summed E-state index contributed by atoms with van der Waals surface area (Å²) in [6.45, 7) is 0.515. The third-order valence-electron chi connectivity index (χ3n) is 3.46. The van der Waals surface area contributed by atoms with Crippen molar-refractivity contribution < 1.29 is 9.18 Å². The molecule has 0 bridgehead atoms. The average molecular weight is 337 g/mol. The summed E-state index contributed by atoms with van der Waals surface area (Å²) in [5.74, 6) is 0.407. The molecule has 116 valence electrons. The number of nitrogens with two attached hydrogens (primary N) is 1. The fraction of sp³-hybridized carbons (Fsp3) is 0.333. The summed E-state index contributed by atoms with van der Waals surface area (Å²) in [7, 11) is 0. The fourth-order valence-electron chi connectivity index (χ4n) is 2.40. The van der Waals surface area contributed by atoms with E-state index in [0.717, 1.165) is 27.6 Å². The molecule has 7 heteroatoms. The highest BCUT2D eigenvalue weighted by molar-refractivity contribution is 7.99. The van der Waals surface area contributed by atoms with Gasteiger partial charge in [-0.05, 0) is 36.7 Å². The Labute approximate surface area is 136 Å². The van der Waals surface area contributed by atoms with Crippen molar-refractivity contribution in [3.05, 3.63) is 45.7 Å². The van der Waals surface area contributed by atoms with Gasteiger partial charge >= 0.3 is 0 Å². The standard InChI is InChI=1S/C15H16FN3OS2/c16-9-1-2-13-10(7-9)11(4-6-21-13)19-15(20)12-8-22-14(18-12)3-5-17/h1-2,7-8,11H,3-6,17H2,(H,19,20). The molecule has 1 atom stereocenters. The number of fused-ring (bicyclic) bond motifs is 1. The summed E-state index contributed by atoms with van der Waals surface area (Å²) in [4.78, 5) is 17.6. The van der Waals surface area contributed by atoms with Crippen LogP contribution in [0.5, 0.6) is 0 Å². The minimum absolute atomic E-state index is 0.167. The molecule has 1 aromatic carbocycles. The number of amides is 1. The molecular formula is C15H16FN3OS2. The Bertz CT molecular complexity index is 689. The van der Waals surface area contributed by atoms with Gasteiger partial charge in [-0.3, -0.25) is 4.79 Å². The smallest absolute Gasteiger partial charge is 0.271 e. The number of benzene rings is 1. The average Bonchev–Trinajstić information content (AvgIpc) is 2.97. The summed E-state index contributed by atoms with van der Waals surface area (Å²) in [5, 5.41) is 5.57. The highest BCUT2D eigenvalue weighted by atomic mass is 32.2. The molecule has 1 amide bonds. The second-order valence-corrected chi connectivity index (χ2v) is 7.09. The van der Waals surface area contributed by atoms with Gasteiger partial charge in [-0.2, -0.15) is 0 Å². The van der Waals surface area contributed by atoms with Crippen molar-refractivity contribution in [1.29, 1.82) is 0 Å². The van der Waals surface area contributed by atoms with Crippen LogP contribution in [0.2, 0.25) is 0 Å². The van der Waals surface area contributed by atoms with E-state index in [1.807, 2.05) is 0 Å². The van der Waals surface area contributed by atoms with E-state index in [1.54, 1.807) is 23.2 Å². The molecule has 0 saturated carbocycles. The number of rotatable bonds is 4. The fourth-order valence-corrected chi connectivity index (χ4v) is 4.30. The molecule has 1 aliphatic heterocycles. The highest BCUT2D eigenvalue weighted by Crippen LogP contribution is 2.36. The molecule has 1 aromatic heterocycles. The maximum Gasteiger partial charge on any atom is 0.271 e. The molecule has 0 spiro atoms. The molecular weight excluding hydrogens is 321 g/mol. The molecule has 22 heavy (non-hydrogen) atoms. The third kappa shape index (κ3) is 3.31. The van der Waals surface area contributed by atoms with E-state index in [-0.39, 0.29) is 17.8 Å². The van der Waals surface area contributed by atoms with Gasteiger partial charge in [-0.1, -0.05) is 0 Å². The van der Waals surface area contributed by atoms with Crippen LogP contribution in [-0.4, -0.2) is 23.2 Å². The Morgan fingerprint density at radius 1 is 1.50 bits per heavy atom. The van der Waals surface area contributed by atoms with Crippen molar-refractivity contribution in [2.45, 2.75) is 23.8 Å². The number of aromatic nitrogens is 1. The number of hydrogen-bond donors (Lipinski definition) is 2. The zero-order valence-corrected chi connectivity index (χ0v) is 13.5. The van der Waals surface area contributed by atoms with Crippen LogP contribution < -0.4 is 11.1 Å². The van der Waals surface area contributed by atoms with Gasteiger partial charge in [-0.15, -0.1) is 23.1 Å². The minimum atomic E-state index is -0.278. The first-order chi connectivity index (χ1) is 10.7. The molecule has 2 aromatic rings. The lowest BCUT2D eigenvalue weighted by atomic mass is 10.0. The van der Waals surface area contributed by atoms with Gasteiger partial charge in [0, 0.05) is 22.4 Å². The van der Waals surface area contributed by atoms with Crippen LogP contribution in [0, 0.1) is 5.82 Å². The van der Waals surface area contributed by atoms with E-state index in [4.69, 9.17) is 5.73 Å². The normalized spacial score (nSPS) is 17.1. The predicted molar refractivity (Wildman–Crippen MR) is 86.8 cm³/mol. The van der Waals surface area contributed by atoms with Crippen LogP contribution in [0.25, 0.3) is 0 Å². The van der Waals surface area contributed by atoms with Gasteiger partial charge in [-0.25, -0.2) is 9.37 Å². The van der Waals surface area contributed by atoms with Crippen molar-refractivity contribution >= 4 is 29.0 Å². The summed E-state index contributed by atoms with van der Waals surface area (Å²) < 4.78 is 13.5. The first-order valence-corrected chi connectivity index (χ1v) is 8.91. The SMILES string of the molecule is NCCc1nc(C(=O)NC2CCSc3ccc(F)cc32)cs1. The number of thiazole rings is 1. The van der Waals surface area contributed by atoms with Crippen LogP contribution in [0.15, 0.2) is 28.5 Å². The molecule has 0 radical (unpaired) electrons. The van der Waals surface area contributed by atoms with Gasteiger partial charge in [0.15, 0.2) is 0 Å². The molecule has 0 fully saturated rings. The van der Waals surface area contributed by atoms with Gasteiger partial charge in [0.05, 0.1) is 11.0 Å². The van der Waals surface area contributed by atoms with E-state index in [2.05, 4.69) is 10.3 Å². The highest BCUT2D eigenvalue weighted by Gasteiger charge is 2.24.